The second kappa shape index (κ2) is 8.61. The summed E-state index contributed by atoms with van der Waals surface area (Å²) < 4.78 is 42.9. The molecule has 0 fully saturated rings. The van der Waals surface area contributed by atoms with E-state index < -0.39 is 29.6 Å². The van der Waals surface area contributed by atoms with Crippen LogP contribution in [0.5, 0.6) is 0 Å². The molecule has 0 spiro atoms. The standard InChI is InChI=1S/C13H16F3N3O3S/c1-3-22-12(21)8-5-6-9(13(14,15)16)17-11(8)19-18-10(20)7-23-4-2/h5-6H,3-4,7H2,1-2H3,(H,17,19)(H,18,20). The summed E-state index contributed by atoms with van der Waals surface area (Å²) in [4.78, 5) is 26.6. The monoisotopic (exact) mass is 351 g/mol. The number of alkyl halides is 3. The van der Waals surface area contributed by atoms with Gasteiger partial charge in [-0.15, -0.1) is 0 Å². The summed E-state index contributed by atoms with van der Waals surface area (Å²) >= 11 is 1.33. The van der Waals surface area contributed by atoms with Crippen LogP contribution in [0.1, 0.15) is 29.9 Å². The largest absolute Gasteiger partial charge is 0.462 e. The summed E-state index contributed by atoms with van der Waals surface area (Å²) in [5.74, 6) is -0.882. The molecular formula is C13H16F3N3O3S. The first-order valence-corrected chi connectivity index (χ1v) is 7.83. The lowest BCUT2D eigenvalue weighted by Gasteiger charge is -2.14. The first-order valence-electron chi connectivity index (χ1n) is 6.67. The van der Waals surface area contributed by atoms with E-state index in [4.69, 9.17) is 4.74 Å². The third kappa shape index (κ3) is 5.97. The van der Waals surface area contributed by atoms with Crippen LogP contribution in [0, 0.1) is 0 Å². The molecule has 0 saturated heterocycles. The molecule has 1 rings (SSSR count). The van der Waals surface area contributed by atoms with Gasteiger partial charge in [0, 0.05) is 0 Å². The fraction of sp³-hybridized carbons (Fsp3) is 0.462. The number of aromatic nitrogens is 1. The van der Waals surface area contributed by atoms with E-state index in [0.717, 1.165) is 6.07 Å². The Morgan fingerprint density at radius 1 is 1.30 bits per heavy atom. The van der Waals surface area contributed by atoms with Crippen LogP contribution in [-0.2, 0) is 15.7 Å². The van der Waals surface area contributed by atoms with Gasteiger partial charge in [-0.2, -0.15) is 24.9 Å². The van der Waals surface area contributed by atoms with Gasteiger partial charge in [0.05, 0.1) is 12.4 Å². The van der Waals surface area contributed by atoms with Gasteiger partial charge in [-0.3, -0.25) is 15.6 Å². The van der Waals surface area contributed by atoms with Crippen molar-refractivity contribution in [2.45, 2.75) is 20.0 Å². The smallest absolute Gasteiger partial charge is 0.433 e. The average molecular weight is 351 g/mol. The SMILES string of the molecule is CCOC(=O)c1ccc(C(F)(F)F)nc1NNC(=O)CSCC. The maximum Gasteiger partial charge on any atom is 0.433 e. The van der Waals surface area contributed by atoms with Crippen LogP contribution in [-0.4, -0.2) is 35.0 Å². The zero-order valence-electron chi connectivity index (χ0n) is 12.5. The summed E-state index contributed by atoms with van der Waals surface area (Å²) in [5, 5.41) is 0. The Hall–Kier alpha value is -1.97. The number of nitrogens with zero attached hydrogens (tertiary/aromatic N) is 1. The molecule has 6 nitrogen and oxygen atoms in total. The predicted molar refractivity (Wildman–Crippen MR) is 80.0 cm³/mol. The van der Waals surface area contributed by atoms with Crippen LogP contribution in [0.4, 0.5) is 19.0 Å². The Morgan fingerprint density at radius 2 is 2.00 bits per heavy atom. The van der Waals surface area contributed by atoms with E-state index in [2.05, 4.69) is 15.8 Å². The molecule has 1 amide bonds. The van der Waals surface area contributed by atoms with Crippen molar-refractivity contribution in [3.63, 3.8) is 0 Å². The van der Waals surface area contributed by atoms with Crippen molar-refractivity contribution in [1.82, 2.24) is 10.4 Å². The minimum absolute atomic E-state index is 0.0544. The molecule has 1 aromatic rings. The molecule has 0 atom stereocenters. The second-order valence-electron chi connectivity index (χ2n) is 4.12. The number of amides is 1. The van der Waals surface area contributed by atoms with Crippen LogP contribution in [0.2, 0.25) is 0 Å². The molecule has 2 N–H and O–H groups in total. The lowest BCUT2D eigenvalue weighted by molar-refractivity contribution is -0.141. The van der Waals surface area contributed by atoms with Crippen molar-refractivity contribution < 1.29 is 27.5 Å². The first-order chi connectivity index (χ1) is 10.8. The van der Waals surface area contributed by atoms with Crippen molar-refractivity contribution in [1.29, 1.82) is 0 Å². The number of hydrogen-bond acceptors (Lipinski definition) is 6. The van der Waals surface area contributed by atoms with Gasteiger partial charge in [-0.25, -0.2) is 9.78 Å². The Balaban J connectivity index is 2.98. The maximum absolute atomic E-state index is 12.7. The van der Waals surface area contributed by atoms with E-state index in [1.807, 2.05) is 6.92 Å². The summed E-state index contributed by atoms with van der Waals surface area (Å²) in [6.07, 6.45) is -4.67. The Labute approximate surface area is 135 Å². The van der Waals surface area contributed by atoms with E-state index in [0.29, 0.717) is 11.8 Å². The molecule has 0 saturated carbocycles. The van der Waals surface area contributed by atoms with Crippen LogP contribution >= 0.6 is 11.8 Å². The van der Waals surface area contributed by atoms with Crippen LogP contribution in [0.15, 0.2) is 12.1 Å². The second-order valence-corrected chi connectivity index (χ2v) is 5.40. The summed E-state index contributed by atoms with van der Waals surface area (Å²) in [6.45, 7) is 3.48. The first kappa shape index (κ1) is 19.1. The van der Waals surface area contributed by atoms with E-state index >= 15 is 0 Å². The number of thioether (sulfide) groups is 1. The van der Waals surface area contributed by atoms with Gasteiger partial charge in [0.1, 0.15) is 11.3 Å². The number of hydrogen-bond donors (Lipinski definition) is 2. The number of nitrogens with one attached hydrogen (secondary N) is 2. The number of anilines is 1. The van der Waals surface area contributed by atoms with Crippen LogP contribution in [0.3, 0.4) is 0 Å². The van der Waals surface area contributed by atoms with Crippen molar-refractivity contribution in [2.75, 3.05) is 23.5 Å². The highest BCUT2D eigenvalue weighted by Gasteiger charge is 2.33. The fourth-order valence-corrected chi connectivity index (χ4v) is 1.91. The Morgan fingerprint density at radius 3 is 2.57 bits per heavy atom. The third-order valence-corrected chi connectivity index (χ3v) is 3.31. The molecule has 23 heavy (non-hydrogen) atoms. The number of hydrazine groups is 1. The number of pyridine rings is 1. The molecule has 1 heterocycles. The minimum Gasteiger partial charge on any atom is -0.462 e. The molecular weight excluding hydrogens is 335 g/mol. The lowest BCUT2D eigenvalue weighted by atomic mass is 10.2. The number of halogens is 3. The molecule has 0 aliphatic rings. The number of ether oxygens (including phenoxy) is 1. The van der Waals surface area contributed by atoms with Crippen molar-refractivity contribution in [3.8, 4) is 0 Å². The normalized spacial score (nSPS) is 11.0. The Bertz CT molecular complexity index is 567. The van der Waals surface area contributed by atoms with Gasteiger partial charge in [0.25, 0.3) is 0 Å². The van der Waals surface area contributed by atoms with Gasteiger partial charge in [0.15, 0.2) is 5.82 Å². The molecule has 0 radical (unpaired) electrons. The van der Waals surface area contributed by atoms with Crippen molar-refractivity contribution in [2.24, 2.45) is 0 Å². The molecule has 128 valence electrons. The number of rotatable bonds is 7. The van der Waals surface area contributed by atoms with Crippen molar-refractivity contribution in [3.05, 3.63) is 23.4 Å². The maximum atomic E-state index is 12.7. The lowest BCUT2D eigenvalue weighted by Crippen LogP contribution is -2.32. The van der Waals surface area contributed by atoms with E-state index in [1.165, 1.54) is 11.8 Å². The van der Waals surface area contributed by atoms with Gasteiger partial charge >= 0.3 is 12.1 Å². The van der Waals surface area contributed by atoms with Crippen LogP contribution < -0.4 is 10.9 Å². The van der Waals surface area contributed by atoms with E-state index in [1.54, 1.807) is 6.92 Å². The van der Waals surface area contributed by atoms with E-state index in [9.17, 15) is 22.8 Å². The van der Waals surface area contributed by atoms with E-state index in [-0.39, 0.29) is 17.9 Å². The molecule has 0 aromatic carbocycles. The van der Waals surface area contributed by atoms with Gasteiger partial charge in [-0.1, -0.05) is 6.92 Å². The zero-order valence-corrected chi connectivity index (χ0v) is 13.3. The van der Waals surface area contributed by atoms with Crippen LogP contribution in [0.25, 0.3) is 0 Å². The fourth-order valence-electron chi connectivity index (χ4n) is 1.45. The summed E-state index contributed by atoms with van der Waals surface area (Å²) in [7, 11) is 0. The highest BCUT2D eigenvalue weighted by molar-refractivity contribution is 7.99. The van der Waals surface area contributed by atoms with Gasteiger partial charge in [0.2, 0.25) is 5.91 Å². The summed E-state index contributed by atoms with van der Waals surface area (Å²) in [6, 6.07) is 1.62. The molecule has 10 heteroatoms. The highest BCUT2D eigenvalue weighted by atomic mass is 32.2. The third-order valence-electron chi connectivity index (χ3n) is 2.44. The number of esters is 1. The van der Waals surface area contributed by atoms with Crippen molar-refractivity contribution >= 4 is 29.5 Å². The average Bonchev–Trinajstić information content (AvgIpc) is 2.49. The highest BCUT2D eigenvalue weighted by Crippen LogP contribution is 2.29. The topological polar surface area (TPSA) is 80.3 Å². The number of carbonyl (C=O) groups excluding carboxylic acids is 2. The quantitative estimate of drug-likeness (QED) is 0.580. The Kier molecular flexibility index (Phi) is 7.14. The summed E-state index contributed by atoms with van der Waals surface area (Å²) in [5.41, 5.74) is 3.06. The van der Waals surface area contributed by atoms with Gasteiger partial charge in [-0.05, 0) is 24.8 Å². The molecule has 0 aliphatic heterocycles. The number of carbonyl (C=O) groups is 2. The zero-order chi connectivity index (χ0) is 17.5. The molecule has 0 bridgehead atoms. The minimum atomic E-state index is -4.67. The van der Waals surface area contributed by atoms with Gasteiger partial charge < -0.3 is 4.74 Å². The predicted octanol–water partition coefficient (Wildman–Crippen LogP) is 2.47. The molecule has 1 aromatic heterocycles. The molecule has 0 unspecified atom stereocenters. The molecule has 0 aliphatic carbocycles.